The molecule has 0 aliphatic heterocycles. The number of hydrogen-bond donors (Lipinski definition) is 1. The topological polar surface area (TPSA) is 76.2 Å². The molecule has 2 aromatic rings. The van der Waals surface area contributed by atoms with Crippen molar-refractivity contribution in [2.45, 2.75) is 50.6 Å². The first-order valence-corrected chi connectivity index (χ1v) is 8.41. The first-order valence-electron chi connectivity index (χ1n) is 8.41. The number of aromatic carboxylic acids is 1. The first kappa shape index (κ1) is 17.1. The monoisotopic (exact) mass is 366 g/mol. The molecule has 1 N–H and O–H groups in total. The van der Waals surface area contributed by atoms with E-state index in [-0.39, 0.29) is 16.8 Å². The number of fused-ring (bicyclic) bond motifs is 2. The van der Waals surface area contributed by atoms with Crippen LogP contribution in [0.4, 0.5) is 13.2 Å². The molecule has 138 valence electrons. The lowest BCUT2D eigenvalue weighted by Gasteiger charge is -2.22. The number of carbonyl (C=O) groups is 1. The summed E-state index contributed by atoms with van der Waals surface area (Å²) < 4.78 is 44.4. The molecule has 1 aromatic carbocycles. The van der Waals surface area contributed by atoms with Crippen molar-refractivity contribution in [3.8, 4) is 11.4 Å². The van der Waals surface area contributed by atoms with E-state index in [9.17, 15) is 18.0 Å². The summed E-state index contributed by atoms with van der Waals surface area (Å²) in [6.07, 6.45) is 0.320. The van der Waals surface area contributed by atoms with Crippen LogP contribution in [-0.2, 0) is 11.6 Å². The van der Waals surface area contributed by atoms with Crippen LogP contribution in [0.15, 0.2) is 22.7 Å². The van der Waals surface area contributed by atoms with Gasteiger partial charge in [-0.05, 0) is 49.7 Å². The Balaban J connectivity index is 1.71. The number of carboxylic acid groups (broad SMARTS) is 1. The fraction of sp³-hybridized carbons (Fsp3) is 0.500. The maximum absolute atomic E-state index is 13.0. The summed E-state index contributed by atoms with van der Waals surface area (Å²) in [4.78, 5) is 15.6. The number of benzene rings is 1. The number of rotatable bonds is 3. The van der Waals surface area contributed by atoms with Crippen molar-refractivity contribution in [3.05, 3.63) is 35.2 Å². The molecular formula is C18H17F3N2O3. The number of aromatic nitrogens is 2. The van der Waals surface area contributed by atoms with Gasteiger partial charge >= 0.3 is 12.1 Å². The zero-order valence-electron chi connectivity index (χ0n) is 14.1. The molecule has 0 unspecified atom stereocenters. The van der Waals surface area contributed by atoms with Crippen molar-refractivity contribution in [1.82, 2.24) is 10.1 Å². The van der Waals surface area contributed by atoms with Crippen LogP contribution in [0.3, 0.4) is 0 Å². The molecule has 2 aliphatic carbocycles. The van der Waals surface area contributed by atoms with Gasteiger partial charge in [-0.15, -0.1) is 0 Å². The first-order chi connectivity index (χ1) is 12.1. The molecule has 0 spiro atoms. The summed E-state index contributed by atoms with van der Waals surface area (Å²) in [6, 6.07) is 2.87. The average Bonchev–Trinajstić information content (AvgIpc) is 3.26. The van der Waals surface area contributed by atoms with Gasteiger partial charge < -0.3 is 9.63 Å². The summed E-state index contributed by atoms with van der Waals surface area (Å²) in [6.45, 7) is 2.24. The summed E-state index contributed by atoms with van der Waals surface area (Å²) in [5.74, 6) is -1.03. The molecule has 0 radical (unpaired) electrons. The molecule has 2 fully saturated rings. The van der Waals surface area contributed by atoms with Crippen LogP contribution >= 0.6 is 0 Å². The number of hydrogen-bond acceptors (Lipinski definition) is 4. The van der Waals surface area contributed by atoms with Crippen molar-refractivity contribution in [2.75, 3.05) is 0 Å². The van der Waals surface area contributed by atoms with Crippen LogP contribution in [-0.4, -0.2) is 21.2 Å². The molecule has 0 amide bonds. The Bertz CT molecular complexity index is 880. The van der Waals surface area contributed by atoms with Crippen molar-refractivity contribution in [2.24, 2.45) is 5.41 Å². The molecule has 2 aliphatic rings. The molecule has 26 heavy (non-hydrogen) atoms. The van der Waals surface area contributed by atoms with Crippen molar-refractivity contribution in [1.29, 1.82) is 0 Å². The summed E-state index contributed by atoms with van der Waals surface area (Å²) >= 11 is 0. The Kier molecular flexibility index (Phi) is 3.48. The maximum Gasteiger partial charge on any atom is 0.417 e. The van der Waals surface area contributed by atoms with Gasteiger partial charge in [0.1, 0.15) is 0 Å². The molecule has 1 aromatic heterocycles. The summed E-state index contributed by atoms with van der Waals surface area (Å²) in [5, 5.41) is 13.0. The van der Waals surface area contributed by atoms with E-state index in [1.165, 1.54) is 6.07 Å². The van der Waals surface area contributed by atoms with Crippen molar-refractivity contribution in [3.63, 3.8) is 0 Å². The molecular weight excluding hydrogens is 349 g/mol. The fourth-order valence-corrected chi connectivity index (χ4v) is 4.46. The van der Waals surface area contributed by atoms with Gasteiger partial charge in [-0.1, -0.05) is 18.1 Å². The summed E-state index contributed by atoms with van der Waals surface area (Å²) in [7, 11) is 0. The normalized spacial score (nSPS) is 27.8. The molecule has 4 rings (SSSR count). The largest absolute Gasteiger partial charge is 0.478 e. The Hall–Kier alpha value is -2.38. The van der Waals surface area contributed by atoms with E-state index in [1.807, 2.05) is 0 Å². The van der Waals surface area contributed by atoms with Crippen LogP contribution in [0.1, 0.15) is 60.8 Å². The molecule has 8 heteroatoms. The van der Waals surface area contributed by atoms with E-state index in [1.54, 1.807) is 0 Å². The Labute approximate surface area is 147 Å². The minimum Gasteiger partial charge on any atom is -0.478 e. The lowest BCUT2D eigenvalue weighted by Crippen LogP contribution is -2.19. The lowest BCUT2D eigenvalue weighted by atomic mass is 9.83. The third-order valence-corrected chi connectivity index (χ3v) is 5.87. The van der Waals surface area contributed by atoms with Crippen molar-refractivity contribution < 1.29 is 27.6 Å². The van der Waals surface area contributed by atoms with E-state index in [4.69, 9.17) is 9.63 Å². The zero-order valence-corrected chi connectivity index (χ0v) is 14.1. The second-order valence-corrected chi connectivity index (χ2v) is 7.75. The van der Waals surface area contributed by atoms with Crippen LogP contribution < -0.4 is 0 Å². The van der Waals surface area contributed by atoms with Gasteiger partial charge in [0.25, 0.3) is 0 Å². The summed E-state index contributed by atoms with van der Waals surface area (Å²) in [5.41, 5.74) is -1.69. The smallest absolute Gasteiger partial charge is 0.417 e. The maximum atomic E-state index is 13.0. The third kappa shape index (κ3) is 2.59. The van der Waals surface area contributed by atoms with Gasteiger partial charge in [-0.2, -0.15) is 18.2 Å². The van der Waals surface area contributed by atoms with Crippen LogP contribution in [0, 0.1) is 5.41 Å². The fourth-order valence-electron chi connectivity index (χ4n) is 4.46. The highest BCUT2D eigenvalue weighted by Crippen LogP contribution is 2.61. The lowest BCUT2D eigenvalue weighted by molar-refractivity contribution is -0.138. The van der Waals surface area contributed by atoms with E-state index in [0.29, 0.717) is 11.3 Å². The number of halogens is 3. The Morgan fingerprint density at radius 1 is 1.23 bits per heavy atom. The van der Waals surface area contributed by atoms with Crippen molar-refractivity contribution >= 4 is 5.97 Å². The van der Waals surface area contributed by atoms with E-state index >= 15 is 0 Å². The van der Waals surface area contributed by atoms with Gasteiger partial charge in [0.2, 0.25) is 11.7 Å². The minimum atomic E-state index is -4.74. The Morgan fingerprint density at radius 2 is 1.92 bits per heavy atom. The second kappa shape index (κ2) is 5.31. The molecule has 0 saturated heterocycles. The highest BCUT2D eigenvalue weighted by atomic mass is 19.4. The predicted molar refractivity (Wildman–Crippen MR) is 84.6 cm³/mol. The van der Waals surface area contributed by atoms with Gasteiger partial charge in [0.15, 0.2) is 0 Å². The quantitative estimate of drug-likeness (QED) is 0.854. The number of nitrogens with zero attached hydrogens (tertiary/aromatic N) is 2. The second-order valence-electron chi connectivity index (χ2n) is 7.75. The van der Waals surface area contributed by atoms with Crippen LogP contribution in [0.5, 0.6) is 0 Å². The third-order valence-electron chi connectivity index (χ3n) is 5.87. The number of carboxylic acids is 1. The average molecular weight is 366 g/mol. The molecule has 2 bridgehead atoms. The predicted octanol–water partition coefficient (Wildman–Crippen LogP) is 4.68. The van der Waals surface area contributed by atoms with Crippen LogP contribution in [0.25, 0.3) is 11.4 Å². The highest BCUT2D eigenvalue weighted by Gasteiger charge is 2.55. The Morgan fingerprint density at radius 3 is 2.46 bits per heavy atom. The van der Waals surface area contributed by atoms with Crippen LogP contribution in [0.2, 0.25) is 0 Å². The van der Waals surface area contributed by atoms with E-state index in [2.05, 4.69) is 17.1 Å². The zero-order chi connectivity index (χ0) is 18.7. The SMILES string of the molecule is CC12CCC(c3nc(-c4ccc(C(F)(F)F)c(C(=O)O)c4)no3)(CC1)C2. The molecule has 0 atom stereocenters. The van der Waals surface area contributed by atoms with E-state index < -0.39 is 23.3 Å². The van der Waals surface area contributed by atoms with Gasteiger partial charge in [-0.25, -0.2) is 4.79 Å². The van der Waals surface area contributed by atoms with Gasteiger partial charge in [0.05, 0.1) is 16.5 Å². The standard InChI is InChI=1S/C18H17F3N2O3/c1-16-4-6-17(9-16,7-5-16)15-22-13(23-26-15)10-2-3-12(18(19,20)21)11(8-10)14(24)25/h2-3,8H,4-7,9H2,1H3,(H,24,25). The number of alkyl halides is 3. The molecule has 5 nitrogen and oxygen atoms in total. The minimum absolute atomic E-state index is 0.117. The molecule has 2 saturated carbocycles. The van der Waals surface area contributed by atoms with Gasteiger partial charge in [-0.3, -0.25) is 0 Å². The van der Waals surface area contributed by atoms with Gasteiger partial charge in [0, 0.05) is 5.56 Å². The molecule has 1 heterocycles. The van der Waals surface area contributed by atoms with E-state index in [0.717, 1.165) is 44.2 Å². The highest BCUT2D eigenvalue weighted by molar-refractivity contribution is 5.91.